The first-order valence-electron chi connectivity index (χ1n) is 8.31. The molecule has 2 rings (SSSR count). The van der Waals surface area contributed by atoms with Gasteiger partial charge in [-0.25, -0.2) is 0 Å². The normalized spacial score (nSPS) is 30.3. The molecule has 0 bridgehead atoms. The summed E-state index contributed by atoms with van der Waals surface area (Å²) in [5.74, 6) is 0.764. The zero-order valence-corrected chi connectivity index (χ0v) is 13.7. The number of hydrogen-bond donors (Lipinski definition) is 3. The van der Waals surface area contributed by atoms with Gasteiger partial charge in [0.05, 0.1) is 13.2 Å². The molecule has 3 atom stereocenters. The fraction of sp³-hybridized carbons (Fsp3) is 0.938. The molecule has 5 nitrogen and oxygen atoms in total. The van der Waals surface area contributed by atoms with Crippen molar-refractivity contribution in [3.8, 4) is 0 Å². The van der Waals surface area contributed by atoms with Crippen LogP contribution in [0.5, 0.6) is 0 Å². The molecule has 0 spiro atoms. The summed E-state index contributed by atoms with van der Waals surface area (Å²) in [4.78, 5) is 11.8. The van der Waals surface area contributed by atoms with Crippen molar-refractivity contribution < 1.29 is 9.53 Å². The van der Waals surface area contributed by atoms with Gasteiger partial charge in [0.2, 0.25) is 5.91 Å². The molecule has 122 valence electrons. The number of rotatable bonds is 5. The summed E-state index contributed by atoms with van der Waals surface area (Å²) in [5, 5.41) is 10.2. The average molecular weight is 297 g/mol. The summed E-state index contributed by atoms with van der Waals surface area (Å²) < 4.78 is 5.59. The maximum atomic E-state index is 11.8. The lowest BCUT2D eigenvalue weighted by molar-refractivity contribution is -0.122. The van der Waals surface area contributed by atoms with Crippen LogP contribution in [0.15, 0.2) is 0 Å². The van der Waals surface area contributed by atoms with E-state index in [2.05, 4.69) is 16.0 Å². The fourth-order valence-corrected chi connectivity index (χ4v) is 3.44. The van der Waals surface area contributed by atoms with Crippen molar-refractivity contribution in [1.82, 2.24) is 16.0 Å². The summed E-state index contributed by atoms with van der Waals surface area (Å²) in [6.45, 7) is 9.42. The molecule has 1 saturated carbocycles. The number of ether oxygens (including phenoxy) is 1. The Morgan fingerprint density at radius 2 is 2.14 bits per heavy atom. The molecule has 0 radical (unpaired) electrons. The minimum atomic E-state index is -0.143. The van der Waals surface area contributed by atoms with E-state index in [1.807, 2.05) is 20.8 Å². The first kappa shape index (κ1) is 16.7. The third kappa shape index (κ3) is 5.57. The number of nitrogens with one attached hydrogen (secondary N) is 3. The van der Waals surface area contributed by atoms with Crippen molar-refractivity contribution in [3.63, 3.8) is 0 Å². The van der Waals surface area contributed by atoms with Crippen LogP contribution in [0, 0.1) is 5.92 Å². The van der Waals surface area contributed by atoms with Gasteiger partial charge in [-0.1, -0.05) is 6.42 Å². The molecule has 3 N–H and O–H groups in total. The lowest BCUT2D eigenvalue weighted by atomic mass is 9.94. The lowest BCUT2D eigenvalue weighted by Crippen LogP contribution is -2.51. The lowest BCUT2D eigenvalue weighted by Gasteiger charge is -2.33. The number of hydrogen-bond acceptors (Lipinski definition) is 4. The molecular formula is C16H31N3O2. The van der Waals surface area contributed by atoms with Crippen molar-refractivity contribution in [2.24, 2.45) is 5.92 Å². The number of morpholine rings is 1. The summed E-state index contributed by atoms with van der Waals surface area (Å²) in [7, 11) is 0. The summed E-state index contributed by atoms with van der Waals surface area (Å²) in [6, 6.07) is 0.994. The molecular weight excluding hydrogens is 266 g/mol. The van der Waals surface area contributed by atoms with Crippen LogP contribution >= 0.6 is 0 Å². The number of carbonyl (C=O) groups is 1. The van der Waals surface area contributed by atoms with Crippen LogP contribution in [0.4, 0.5) is 0 Å². The van der Waals surface area contributed by atoms with Crippen molar-refractivity contribution in [1.29, 1.82) is 0 Å². The molecule has 3 unspecified atom stereocenters. The van der Waals surface area contributed by atoms with E-state index in [0.717, 1.165) is 26.3 Å². The van der Waals surface area contributed by atoms with E-state index in [-0.39, 0.29) is 11.4 Å². The smallest absolute Gasteiger partial charge is 0.221 e. The number of carbonyl (C=O) groups excluding carboxylic acids is 1. The van der Waals surface area contributed by atoms with E-state index >= 15 is 0 Å². The minimum Gasteiger partial charge on any atom is -0.379 e. The summed E-state index contributed by atoms with van der Waals surface area (Å²) in [5.41, 5.74) is -0.143. The van der Waals surface area contributed by atoms with E-state index in [1.165, 1.54) is 19.3 Å². The summed E-state index contributed by atoms with van der Waals surface area (Å²) >= 11 is 0. The van der Waals surface area contributed by atoms with Crippen molar-refractivity contribution in [2.75, 3.05) is 26.3 Å². The molecule has 2 aliphatic rings. The molecule has 0 aromatic carbocycles. The Hall–Kier alpha value is -0.650. The molecule has 2 fully saturated rings. The molecule has 1 aliphatic heterocycles. The quantitative estimate of drug-likeness (QED) is 0.709. The monoisotopic (exact) mass is 297 g/mol. The van der Waals surface area contributed by atoms with E-state index < -0.39 is 0 Å². The van der Waals surface area contributed by atoms with Crippen LogP contribution in [0.3, 0.4) is 0 Å². The zero-order valence-electron chi connectivity index (χ0n) is 13.7. The highest BCUT2D eigenvalue weighted by molar-refractivity contribution is 5.76. The Kier molecular flexibility index (Phi) is 6.02. The van der Waals surface area contributed by atoms with Gasteiger partial charge in [0.25, 0.3) is 0 Å². The van der Waals surface area contributed by atoms with Crippen LogP contribution in [0.25, 0.3) is 0 Å². The van der Waals surface area contributed by atoms with Gasteiger partial charge in [-0.15, -0.1) is 0 Å². The Morgan fingerprint density at radius 3 is 2.81 bits per heavy atom. The van der Waals surface area contributed by atoms with Crippen LogP contribution < -0.4 is 16.0 Å². The fourth-order valence-electron chi connectivity index (χ4n) is 3.44. The predicted octanol–water partition coefficient (Wildman–Crippen LogP) is 1.04. The van der Waals surface area contributed by atoms with Crippen molar-refractivity contribution >= 4 is 5.91 Å². The Morgan fingerprint density at radius 1 is 1.33 bits per heavy atom. The largest absolute Gasteiger partial charge is 0.379 e. The van der Waals surface area contributed by atoms with Gasteiger partial charge >= 0.3 is 0 Å². The highest BCUT2D eigenvalue weighted by Gasteiger charge is 2.34. The molecule has 0 aromatic heterocycles. The van der Waals surface area contributed by atoms with Gasteiger partial charge < -0.3 is 20.7 Å². The average Bonchev–Trinajstić information content (AvgIpc) is 2.86. The van der Waals surface area contributed by atoms with Gasteiger partial charge in [0.1, 0.15) is 0 Å². The topological polar surface area (TPSA) is 62.4 Å². The van der Waals surface area contributed by atoms with Crippen LogP contribution in [0.1, 0.15) is 46.5 Å². The van der Waals surface area contributed by atoms with E-state index in [9.17, 15) is 4.79 Å². The van der Waals surface area contributed by atoms with Crippen LogP contribution in [0.2, 0.25) is 0 Å². The third-order valence-corrected chi connectivity index (χ3v) is 4.31. The minimum absolute atomic E-state index is 0.128. The molecule has 1 aliphatic carbocycles. The number of amides is 1. The molecule has 1 amide bonds. The Labute approximate surface area is 128 Å². The first-order chi connectivity index (χ1) is 9.96. The molecule has 0 aromatic rings. The molecule has 1 saturated heterocycles. The van der Waals surface area contributed by atoms with Gasteiger partial charge in [-0.3, -0.25) is 4.79 Å². The third-order valence-electron chi connectivity index (χ3n) is 4.31. The maximum Gasteiger partial charge on any atom is 0.221 e. The second kappa shape index (κ2) is 7.56. The van der Waals surface area contributed by atoms with Crippen molar-refractivity contribution in [2.45, 2.75) is 64.1 Å². The van der Waals surface area contributed by atoms with Crippen LogP contribution in [-0.4, -0.2) is 49.8 Å². The summed E-state index contributed by atoms with van der Waals surface area (Å²) in [6.07, 6.45) is 4.29. The Bertz CT molecular complexity index is 335. The highest BCUT2D eigenvalue weighted by Crippen LogP contribution is 2.29. The first-order valence-corrected chi connectivity index (χ1v) is 8.31. The second-order valence-electron chi connectivity index (χ2n) is 7.34. The van der Waals surface area contributed by atoms with Crippen LogP contribution in [-0.2, 0) is 9.53 Å². The molecule has 1 heterocycles. The predicted molar refractivity (Wildman–Crippen MR) is 84.3 cm³/mol. The molecule has 21 heavy (non-hydrogen) atoms. The van der Waals surface area contributed by atoms with Gasteiger partial charge in [-0.2, -0.15) is 0 Å². The van der Waals surface area contributed by atoms with Gasteiger partial charge in [0.15, 0.2) is 0 Å². The zero-order chi connectivity index (χ0) is 15.3. The molecule has 5 heteroatoms. The maximum absolute atomic E-state index is 11.8. The van der Waals surface area contributed by atoms with E-state index in [4.69, 9.17) is 4.74 Å². The van der Waals surface area contributed by atoms with Gasteiger partial charge in [-0.05, 0) is 39.5 Å². The second-order valence-corrected chi connectivity index (χ2v) is 7.34. The van der Waals surface area contributed by atoms with E-state index in [1.54, 1.807) is 0 Å². The van der Waals surface area contributed by atoms with Crippen molar-refractivity contribution in [3.05, 3.63) is 0 Å². The van der Waals surface area contributed by atoms with Gasteiger partial charge in [0, 0.05) is 37.1 Å². The SMILES string of the molecule is CC(C)(C)NC(=O)CCNC1CCCC1C1COCCN1. The standard InChI is InChI=1S/C16H31N3O2/c1-16(2,3)19-15(20)7-8-17-13-6-4-5-12(13)14-11-21-10-9-18-14/h12-14,17-18H,4-11H2,1-3H3,(H,19,20). The van der Waals surface area contributed by atoms with E-state index in [0.29, 0.717) is 24.4 Å². The Balaban J connectivity index is 1.70. The highest BCUT2D eigenvalue weighted by atomic mass is 16.5.